The van der Waals surface area contributed by atoms with Gasteiger partial charge < -0.3 is 10.1 Å². The van der Waals surface area contributed by atoms with Crippen LogP contribution in [0.4, 0.5) is 5.69 Å². The fraction of sp³-hybridized carbons (Fsp3) is 0.250. The largest absolute Gasteiger partial charge is 0.383 e. The van der Waals surface area contributed by atoms with Gasteiger partial charge in [0.05, 0.1) is 18.9 Å². The number of rotatable bonds is 8. The van der Waals surface area contributed by atoms with Gasteiger partial charge in [0, 0.05) is 28.4 Å². The average molecular weight is 451 g/mol. The van der Waals surface area contributed by atoms with Crippen molar-refractivity contribution in [2.75, 3.05) is 24.8 Å². The number of anilines is 1. The fourth-order valence-corrected chi connectivity index (χ4v) is 3.72. The van der Waals surface area contributed by atoms with Crippen molar-refractivity contribution in [3.63, 3.8) is 0 Å². The van der Waals surface area contributed by atoms with Crippen molar-refractivity contribution in [2.24, 2.45) is 0 Å². The Morgan fingerprint density at radius 3 is 2.66 bits per heavy atom. The molecule has 1 aromatic heterocycles. The Labute approximate surface area is 183 Å². The molecular weight excluding hydrogens is 431 g/mol. The first-order chi connectivity index (χ1) is 14.0. The Hall–Kier alpha value is -2.06. The molecule has 0 saturated carbocycles. The summed E-state index contributed by atoms with van der Waals surface area (Å²) >= 11 is 13.4. The highest BCUT2D eigenvalue weighted by Crippen LogP contribution is 2.26. The normalized spacial score (nSPS) is 10.9. The molecule has 9 heteroatoms. The lowest BCUT2D eigenvalue weighted by molar-refractivity contribution is -0.113. The number of benzene rings is 2. The summed E-state index contributed by atoms with van der Waals surface area (Å²) < 4.78 is 7.15. The number of aromatic nitrogens is 3. The lowest BCUT2D eigenvalue weighted by Gasteiger charge is -2.11. The third-order valence-corrected chi connectivity index (χ3v) is 5.84. The van der Waals surface area contributed by atoms with Gasteiger partial charge in [0.1, 0.15) is 0 Å². The summed E-state index contributed by atoms with van der Waals surface area (Å²) in [5.74, 6) is 0.750. The predicted molar refractivity (Wildman–Crippen MR) is 118 cm³/mol. The second-order valence-electron chi connectivity index (χ2n) is 6.21. The van der Waals surface area contributed by atoms with Crippen LogP contribution < -0.4 is 5.32 Å². The molecule has 0 radical (unpaired) electrons. The molecule has 3 rings (SSSR count). The second-order valence-corrected chi connectivity index (χ2v) is 7.99. The van der Waals surface area contributed by atoms with Gasteiger partial charge in [0.15, 0.2) is 11.0 Å². The highest BCUT2D eigenvalue weighted by molar-refractivity contribution is 7.99. The van der Waals surface area contributed by atoms with Crippen molar-refractivity contribution in [3.05, 3.63) is 58.1 Å². The first-order valence-electron chi connectivity index (χ1n) is 8.85. The van der Waals surface area contributed by atoms with Crippen molar-refractivity contribution >= 4 is 46.6 Å². The number of nitrogens with zero attached hydrogens (tertiary/aromatic N) is 3. The topological polar surface area (TPSA) is 69.0 Å². The van der Waals surface area contributed by atoms with Gasteiger partial charge >= 0.3 is 0 Å². The van der Waals surface area contributed by atoms with Crippen molar-refractivity contribution in [2.45, 2.75) is 18.6 Å². The van der Waals surface area contributed by atoms with Gasteiger partial charge in [0.2, 0.25) is 5.91 Å². The van der Waals surface area contributed by atoms with Crippen molar-refractivity contribution < 1.29 is 9.53 Å². The molecule has 29 heavy (non-hydrogen) atoms. The van der Waals surface area contributed by atoms with Crippen LogP contribution in [0.25, 0.3) is 11.4 Å². The molecule has 1 amide bonds. The van der Waals surface area contributed by atoms with Crippen LogP contribution in [0.2, 0.25) is 10.0 Å². The van der Waals surface area contributed by atoms with Crippen LogP contribution in [-0.2, 0) is 16.1 Å². The third kappa shape index (κ3) is 5.51. The molecule has 152 valence electrons. The van der Waals surface area contributed by atoms with Crippen LogP contribution in [0, 0.1) is 6.92 Å². The smallest absolute Gasteiger partial charge is 0.234 e. The molecule has 2 aromatic carbocycles. The fourth-order valence-electron chi connectivity index (χ4n) is 2.65. The van der Waals surface area contributed by atoms with E-state index in [1.807, 2.05) is 29.7 Å². The molecule has 0 spiro atoms. The summed E-state index contributed by atoms with van der Waals surface area (Å²) in [6.07, 6.45) is 0. The van der Waals surface area contributed by atoms with Crippen LogP contribution in [0.1, 0.15) is 5.56 Å². The van der Waals surface area contributed by atoms with Crippen LogP contribution in [0.15, 0.2) is 47.6 Å². The van der Waals surface area contributed by atoms with E-state index in [0.717, 1.165) is 11.1 Å². The Morgan fingerprint density at radius 1 is 1.17 bits per heavy atom. The Balaban J connectivity index is 1.73. The number of ether oxygens (including phenoxy) is 1. The number of carbonyl (C=O) groups is 1. The first-order valence-corrected chi connectivity index (χ1v) is 10.6. The number of carbonyl (C=O) groups excluding carboxylic acids is 1. The number of nitrogens with one attached hydrogen (secondary N) is 1. The summed E-state index contributed by atoms with van der Waals surface area (Å²) in [6, 6.07) is 12.8. The molecule has 0 bridgehead atoms. The standard InChI is InChI=1S/C20H20Cl2N4O2S/c1-13-16(22)4-3-5-17(13)23-18(27)12-29-20-25-24-19(26(20)10-11-28-2)14-6-8-15(21)9-7-14/h3-9H,10-12H2,1-2H3,(H,23,27). The average Bonchev–Trinajstić information content (AvgIpc) is 3.11. The summed E-state index contributed by atoms with van der Waals surface area (Å²) in [5, 5.41) is 13.4. The number of thioether (sulfide) groups is 1. The second kappa shape index (κ2) is 10.1. The lowest BCUT2D eigenvalue weighted by Crippen LogP contribution is -2.16. The minimum absolute atomic E-state index is 0.144. The van der Waals surface area contributed by atoms with Gasteiger partial charge in [-0.1, -0.05) is 41.0 Å². The number of hydrogen-bond donors (Lipinski definition) is 1. The van der Waals surface area contributed by atoms with E-state index < -0.39 is 0 Å². The molecular formula is C20H20Cl2N4O2S. The number of amides is 1. The van der Waals surface area contributed by atoms with E-state index in [9.17, 15) is 4.79 Å². The molecule has 1 N–H and O–H groups in total. The van der Waals surface area contributed by atoms with Gasteiger partial charge in [-0.15, -0.1) is 10.2 Å². The SMILES string of the molecule is COCCn1c(SCC(=O)Nc2cccc(Cl)c2C)nnc1-c1ccc(Cl)cc1. The molecule has 3 aromatic rings. The Kier molecular flexibility index (Phi) is 7.55. The van der Waals surface area contributed by atoms with E-state index in [0.29, 0.717) is 39.9 Å². The number of halogens is 2. The molecule has 0 saturated heterocycles. The molecule has 1 heterocycles. The summed E-state index contributed by atoms with van der Waals surface area (Å²) in [4.78, 5) is 12.4. The van der Waals surface area contributed by atoms with E-state index >= 15 is 0 Å². The zero-order valence-electron chi connectivity index (χ0n) is 16.0. The van der Waals surface area contributed by atoms with E-state index in [1.54, 1.807) is 31.4 Å². The van der Waals surface area contributed by atoms with E-state index in [2.05, 4.69) is 15.5 Å². The van der Waals surface area contributed by atoms with Crippen LogP contribution in [-0.4, -0.2) is 40.1 Å². The maximum absolute atomic E-state index is 12.4. The van der Waals surface area contributed by atoms with E-state index in [1.165, 1.54) is 11.8 Å². The third-order valence-electron chi connectivity index (χ3n) is 4.21. The minimum atomic E-state index is -0.144. The van der Waals surface area contributed by atoms with Crippen molar-refractivity contribution in [1.82, 2.24) is 14.8 Å². The van der Waals surface area contributed by atoms with Gasteiger partial charge in [-0.3, -0.25) is 9.36 Å². The van der Waals surface area contributed by atoms with Crippen LogP contribution in [0.5, 0.6) is 0 Å². The molecule has 0 unspecified atom stereocenters. The molecule has 0 atom stereocenters. The van der Waals surface area contributed by atoms with Gasteiger partial charge in [-0.05, 0) is 48.9 Å². The summed E-state index contributed by atoms with van der Waals surface area (Å²) in [6.45, 7) is 2.93. The summed E-state index contributed by atoms with van der Waals surface area (Å²) in [5.41, 5.74) is 2.43. The zero-order valence-corrected chi connectivity index (χ0v) is 18.3. The number of methoxy groups -OCH3 is 1. The molecule has 6 nitrogen and oxygen atoms in total. The van der Waals surface area contributed by atoms with Crippen LogP contribution in [0.3, 0.4) is 0 Å². The lowest BCUT2D eigenvalue weighted by atomic mass is 10.2. The Morgan fingerprint density at radius 2 is 1.93 bits per heavy atom. The summed E-state index contributed by atoms with van der Waals surface area (Å²) in [7, 11) is 1.64. The molecule has 0 fully saturated rings. The van der Waals surface area contributed by atoms with E-state index in [-0.39, 0.29) is 11.7 Å². The molecule has 0 aliphatic heterocycles. The minimum Gasteiger partial charge on any atom is -0.383 e. The highest BCUT2D eigenvalue weighted by Gasteiger charge is 2.16. The molecule has 0 aliphatic rings. The van der Waals surface area contributed by atoms with Gasteiger partial charge in [-0.2, -0.15) is 0 Å². The quantitative estimate of drug-likeness (QED) is 0.492. The maximum Gasteiger partial charge on any atom is 0.234 e. The molecule has 0 aliphatic carbocycles. The van der Waals surface area contributed by atoms with Gasteiger partial charge in [-0.25, -0.2) is 0 Å². The maximum atomic E-state index is 12.4. The zero-order chi connectivity index (χ0) is 20.8. The van der Waals surface area contributed by atoms with Crippen LogP contribution >= 0.6 is 35.0 Å². The highest BCUT2D eigenvalue weighted by atomic mass is 35.5. The van der Waals surface area contributed by atoms with Gasteiger partial charge in [0.25, 0.3) is 0 Å². The monoisotopic (exact) mass is 450 g/mol. The number of hydrogen-bond acceptors (Lipinski definition) is 5. The predicted octanol–water partition coefficient (Wildman–Crippen LogP) is 4.94. The van der Waals surface area contributed by atoms with E-state index in [4.69, 9.17) is 27.9 Å². The first kappa shape index (κ1) is 21.6. The van der Waals surface area contributed by atoms with Crippen molar-refractivity contribution in [1.29, 1.82) is 0 Å². The Bertz CT molecular complexity index is 993. The van der Waals surface area contributed by atoms with Crippen molar-refractivity contribution in [3.8, 4) is 11.4 Å².